The molecule has 0 saturated heterocycles. The Kier molecular flexibility index (Phi) is 2.87. The third kappa shape index (κ3) is 2.16. The maximum atomic E-state index is 12.9. The molecule has 1 aromatic carbocycles. The van der Waals surface area contributed by atoms with Crippen molar-refractivity contribution in [1.29, 1.82) is 0 Å². The number of hydrogen-bond donors (Lipinski definition) is 2. The van der Waals surface area contributed by atoms with Crippen molar-refractivity contribution >= 4 is 12.6 Å². The fourth-order valence-electron chi connectivity index (χ4n) is 0.843. The largest absolute Gasteiger partial charge is 0.316 e. The molecule has 0 bridgehead atoms. The number of thiol groups is 1. The predicted octanol–water partition coefficient (Wildman–Crippen LogP) is 2.32. The molecule has 1 atom stereocenters. The highest BCUT2D eigenvalue weighted by atomic mass is 32.1. The van der Waals surface area contributed by atoms with E-state index in [9.17, 15) is 13.2 Å². The topological polar surface area (TPSA) is 26.0 Å². The Morgan fingerprint density at radius 3 is 2.08 bits per heavy atom. The third-order valence-corrected chi connectivity index (χ3v) is 1.90. The van der Waals surface area contributed by atoms with E-state index in [-0.39, 0.29) is 0 Å². The zero-order chi connectivity index (χ0) is 10.1. The van der Waals surface area contributed by atoms with E-state index in [1.807, 2.05) is 0 Å². The van der Waals surface area contributed by atoms with Crippen molar-refractivity contribution in [3.05, 3.63) is 29.8 Å². The van der Waals surface area contributed by atoms with Gasteiger partial charge in [-0.1, -0.05) is 12.1 Å². The van der Waals surface area contributed by atoms with E-state index in [1.54, 1.807) is 0 Å². The van der Waals surface area contributed by atoms with Gasteiger partial charge in [-0.2, -0.15) is 8.78 Å². The Bertz CT molecular complexity index is 284. The van der Waals surface area contributed by atoms with Gasteiger partial charge < -0.3 is 0 Å². The van der Waals surface area contributed by atoms with Gasteiger partial charge in [0.2, 0.25) is 6.30 Å². The number of nitrogens with two attached hydrogens (primary N) is 1. The molecule has 0 heterocycles. The molecule has 13 heavy (non-hydrogen) atoms. The lowest BCUT2D eigenvalue weighted by atomic mass is 10.1. The van der Waals surface area contributed by atoms with Crippen LogP contribution in [0.3, 0.4) is 0 Å². The lowest BCUT2D eigenvalue weighted by Crippen LogP contribution is -2.34. The van der Waals surface area contributed by atoms with E-state index < -0.39 is 17.8 Å². The normalized spacial score (nSPS) is 14.2. The molecule has 2 N–H and O–H groups in total. The second kappa shape index (κ2) is 3.59. The van der Waals surface area contributed by atoms with Crippen molar-refractivity contribution in [2.45, 2.75) is 17.1 Å². The average Bonchev–Trinajstić information content (AvgIpc) is 2.04. The zero-order valence-corrected chi connectivity index (χ0v) is 7.44. The van der Waals surface area contributed by atoms with Crippen LogP contribution in [0.25, 0.3) is 0 Å². The van der Waals surface area contributed by atoms with E-state index >= 15 is 0 Å². The minimum Gasteiger partial charge on any atom is -0.296 e. The van der Waals surface area contributed by atoms with Gasteiger partial charge in [0.1, 0.15) is 0 Å². The summed E-state index contributed by atoms with van der Waals surface area (Å²) in [7, 11) is 0. The van der Waals surface area contributed by atoms with E-state index in [1.165, 1.54) is 12.1 Å². The molecule has 0 aromatic heterocycles. The predicted molar refractivity (Wildman–Crippen MR) is 46.7 cm³/mol. The molecule has 1 unspecified atom stereocenters. The van der Waals surface area contributed by atoms with E-state index in [0.717, 1.165) is 12.1 Å². The highest BCUT2D eigenvalue weighted by Gasteiger charge is 2.39. The molecule has 5 heteroatoms. The van der Waals surface area contributed by atoms with E-state index in [0.29, 0.717) is 4.90 Å². The summed E-state index contributed by atoms with van der Waals surface area (Å²) in [6, 6.07) is 4.91. The second-order valence-corrected chi connectivity index (χ2v) is 3.09. The minimum atomic E-state index is -3.64. The van der Waals surface area contributed by atoms with Crippen LogP contribution < -0.4 is 5.73 Å². The van der Waals surface area contributed by atoms with Crippen molar-refractivity contribution < 1.29 is 13.2 Å². The smallest absolute Gasteiger partial charge is 0.296 e. The molecule has 0 saturated carbocycles. The van der Waals surface area contributed by atoms with Crippen LogP contribution in [-0.2, 0) is 5.92 Å². The van der Waals surface area contributed by atoms with Crippen LogP contribution in [-0.4, -0.2) is 6.30 Å². The van der Waals surface area contributed by atoms with Crippen molar-refractivity contribution in [2.75, 3.05) is 0 Å². The zero-order valence-electron chi connectivity index (χ0n) is 6.55. The van der Waals surface area contributed by atoms with Gasteiger partial charge in [0.25, 0.3) is 0 Å². The minimum absolute atomic E-state index is 0.444. The van der Waals surface area contributed by atoms with Crippen LogP contribution in [0.1, 0.15) is 5.56 Å². The first-order chi connectivity index (χ1) is 5.94. The molecule has 0 aliphatic heterocycles. The number of rotatable bonds is 2. The molecule has 0 aliphatic rings. The van der Waals surface area contributed by atoms with Crippen molar-refractivity contribution in [3.63, 3.8) is 0 Å². The molecule has 0 radical (unpaired) electrons. The number of hydrogen-bond acceptors (Lipinski definition) is 2. The van der Waals surface area contributed by atoms with Crippen LogP contribution >= 0.6 is 12.6 Å². The first-order valence-corrected chi connectivity index (χ1v) is 3.96. The molecule has 0 spiro atoms. The molecule has 1 nitrogen and oxygen atoms in total. The molecule has 0 amide bonds. The first kappa shape index (κ1) is 10.4. The third-order valence-electron chi connectivity index (χ3n) is 1.60. The van der Waals surface area contributed by atoms with Crippen LogP contribution in [0.2, 0.25) is 0 Å². The van der Waals surface area contributed by atoms with Crippen LogP contribution in [0.15, 0.2) is 29.2 Å². The summed E-state index contributed by atoms with van der Waals surface area (Å²) >= 11 is 3.91. The fraction of sp³-hybridized carbons (Fsp3) is 0.250. The Balaban J connectivity index is 3.01. The highest BCUT2D eigenvalue weighted by molar-refractivity contribution is 7.80. The lowest BCUT2D eigenvalue weighted by Gasteiger charge is -2.17. The molecule has 72 valence electrons. The quantitative estimate of drug-likeness (QED) is 0.565. The van der Waals surface area contributed by atoms with Crippen molar-refractivity contribution in [1.82, 2.24) is 0 Å². The van der Waals surface area contributed by atoms with Gasteiger partial charge in [-0.3, -0.25) is 5.73 Å². The molecular weight excluding hydrogens is 199 g/mol. The summed E-state index contributed by atoms with van der Waals surface area (Å²) in [6.45, 7) is 0. The van der Waals surface area contributed by atoms with Crippen LogP contribution in [0.4, 0.5) is 13.2 Å². The van der Waals surface area contributed by atoms with Gasteiger partial charge in [-0.05, 0) is 12.1 Å². The Hall–Kier alpha value is -0.680. The molecular formula is C8H8F3NS. The highest BCUT2D eigenvalue weighted by Crippen LogP contribution is 2.31. The summed E-state index contributed by atoms with van der Waals surface area (Å²) in [5.74, 6) is -3.64. The van der Waals surface area contributed by atoms with Gasteiger partial charge in [-0.15, -0.1) is 12.6 Å². The van der Waals surface area contributed by atoms with Gasteiger partial charge >= 0.3 is 5.92 Å². The monoisotopic (exact) mass is 207 g/mol. The van der Waals surface area contributed by atoms with Crippen molar-refractivity contribution in [3.8, 4) is 0 Å². The first-order valence-electron chi connectivity index (χ1n) is 3.51. The molecule has 0 fully saturated rings. The maximum absolute atomic E-state index is 12.9. The van der Waals surface area contributed by atoms with Gasteiger partial charge in [0.05, 0.1) is 0 Å². The summed E-state index contributed by atoms with van der Waals surface area (Å²) in [5.41, 5.74) is 4.06. The Morgan fingerprint density at radius 1 is 1.23 bits per heavy atom. The second-order valence-electron chi connectivity index (χ2n) is 2.57. The maximum Gasteiger partial charge on any atom is 0.316 e. The molecule has 1 aromatic rings. The lowest BCUT2D eigenvalue weighted by molar-refractivity contribution is -0.0762. The fourth-order valence-corrected chi connectivity index (χ4v) is 0.992. The van der Waals surface area contributed by atoms with E-state index in [2.05, 4.69) is 18.4 Å². The molecule has 0 aliphatic carbocycles. The summed E-state index contributed by atoms with van der Waals surface area (Å²) in [5, 5.41) is 0. The van der Waals surface area contributed by atoms with Gasteiger partial charge in [-0.25, -0.2) is 4.39 Å². The Morgan fingerprint density at radius 2 is 1.69 bits per heavy atom. The van der Waals surface area contributed by atoms with Gasteiger partial charge in [0.15, 0.2) is 0 Å². The summed E-state index contributed by atoms with van der Waals surface area (Å²) in [4.78, 5) is 0.534. The number of benzene rings is 1. The molecule has 1 rings (SSSR count). The van der Waals surface area contributed by atoms with Crippen molar-refractivity contribution in [2.24, 2.45) is 5.73 Å². The SMILES string of the molecule is NC(F)C(F)(F)c1ccc(S)cc1. The average molecular weight is 207 g/mol. The Labute approximate surface area is 79.2 Å². The summed E-state index contributed by atoms with van der Waals surface area (Å²) in [6.07, 6.45) is -2.68. The number of alkyl halides is 3. The number of halogens is 3. The summed E-state index contributed by atoms with van der Waals surface area (Å²) < 4.78 is 38.0. The standard InChI is InChI=1S/C8H8F3NS/c9-7(12)8(10,11)5-1-3-6(13)4-2-5/h1-4,7,13H,12H2. The van der Waals surface area contributed by atoms with Crippen LogP contribution in [0.5, 0.6) is 0 Å². The van der Waals surface area contributed by atoms with Gasteiger partial charge in [0, 0.05) is 10.5 Å². The van der Waals surface area contributed by atoms with Crippen LogP contribution in [0, 0.1) is 0 Å². The van der Waals surface area contributed by atoms with E-state index in [4.69, 9.17) is 0 Å².